The molecule has 0 aromatic heterocycles. The smallest absolute Gasteiger partial charge is 0.159 e. The molecule has 3 saturated carbocycles. The minimum atomic E-state index is -1.64. The van der Waals surface area contributed by atoms with Gasteiger partial charge in [-0.15, -0.1) is 0 Å². The highest BCUT2D eigenvalue weighted by atomic mass is 16.4. The molecular weight excluding hydrogens is 452 g/mol. The quantitative estimate of drug-likeness (QED) is 0.295. The van der Waals surface area contributed by atoms with Crippen molar-refractivity contribution in [1.82, 2.24) is 0 Å². The molecule has 11 atom stereocenters. The number of ketones is 1. The molecular formula is C27H44O8. The normalized spacial score (nSPS) is 47.1. The van der Waals surface area contributed by atoms with Crippen LogP contribution < -0.4 is 0 Å². The molecule has 4 aliphatic carbocycles. The van der Waals surface area contributed by atoms with Crippen LogP contribution in [-0.2, 0) is 4.79 Å². The van der Waals surface area contributed by atoms with E-state index in [4.69, 9.17) is 0 Å². The molecule has 0 aliphatic heterocycles. The first-order valence-electron chi connectivity index (χ1n) is 13.0. The highest BCUT2D eigenvalue weighted by Crippen LogP contribution is 2.68. The molecule has 200 valence electrons. The number of rotatable bonds is 5. The van der Waals surface area contributed by atoms with Crippen molar-refractivity contribution in [2.45, 2.75) is 121 Å². The number of carbonyl (C=O) groups is 1. The lowest BCUT2D eigenvalue weighted by molar-refractivity contribution is -0.183. The zero-order valence-electron chi connectivity index (χ0n) is 21.6. The minimum Gasteiger partial charge on any atom is -0.390 e. The summed E-state index contributed by atoms with van der Waals surface area (Å²) in [6, 6.07) is 0. The third kappa shape index (κ3) is 3.87. The van der Waals surface area contributed by atoms with E-state index in [-0.39, 0.29) is 31.0 Å². The van der Waals surface area contributed by atoms with Crippen LogP contribution in [0.25, 0.3) is 0 Å². The van der Waals surface area contributed by atoms with E-state index in [0.29, 0.717) is 31.3 Å². The minimum absolute atomic E-state index is 0.129. The summed E-state index contributed by atoms with van der Waals surface area (Å²) < 4.78 is 0. The van der Waals surface area contributed by atoms with E-state index >= 15 is 0 Å². The Morgan fingerprint density at radius 3 is 2.23 bits per heavy atom. The summed E-state index contributed by atoms with van der Waals surface area (Å²) in [6.45, 7) is 8.31. The summed E-state index contributed by atoms with van der Waals surface area (Å²) in [5.41, 5.74) is -5.18. The Morgan fingerprint density at radius 1 is 1.00 bits per heavy atom. The second-order valence-electron chi connectivity index (χ2n) is 13.2. The molecule has 0 aromatic rings. The Labute approximate surface area is 207 Å². The molecule has 0 spiro atoms. The monoisotopic (exact) mass is 496 g/mol. The first-order valence-corrected chi connectivity index (χ1v) is 13.0. The number of hydrogen-bond donors (Lipinski definition) is 7. The molecule has 7 N–H and O–H groups in total. The fraction of sp³-hybridized carbons (Fsp3) is 0.889. The highest BCUT2D eigenvalue weighted by molar-refractivity contribution is 5.95. The molecule has 4 aliphatic rings. The summed E-state index contributed by atoms with van der Waals surface area (Å²) in [4.78, 5) is 13.3. The summed E-state index contributed by atoms with van der Waals surface area (Å²) in [6.07, 6.45) is -0.617. The Kier molecular flexibility index (Phi) is 6.46. The fourth-order valence-corrected chi connectivity index (χ4v) is 8.28. The average molecular weight is 497 g/mol. The Morgan fingerprint density at radius 2 is 1.63 bits per heavy atom. The predicted molar refractivity (Wildman–Crippen MR) is 128 cm³/mol. The van der Waals surface area contributed by atoms with Crippen LogP contribution in [-0.4, -0.2) is 82.7 Å². The maximum atomic E-state index is 13.3. The zero-order chi connectivity index (χ0) is 26.4. The van der Waals surface area contributed by atoms with Crippen LogP contribution in [0, 0.1) is 28.6 Å². The molecule has 0 bridgehead atoms. The molecule has 0 aromatic carbocycles. The molecule has 35 heavy (non-hydrogen) atoms. The van der Waals surface area contributed by atoms with E-state index in [1.54, 1.807) is 6.08 Å². The molecule has 4 rings (SSSR count). The van der Waals surface area contributed by atoms with Gasteiger partial charge in [-0.25, -0.2) is 0 Å². The maximum Gasteiger partial charge on any atom is 0.159 e. The number of aliphatic hydroxyl groups is 7. The van der Waals surface area contributed by atoms with Crippen molar-refractivity contribution >= 4 is 5.78 Å². The Hall–Kier alpha value is -0.870. The van der Waals surface area contributed by atoms with Gasteiger partial charge in [0.1, 0.15) is 0 Å². The van der Waals surface area contributed by atoms with Crippen LogP contribution in [0.3, 0.4) is 0 Å². The zero-order valence-corrected chi connectivity index (χ0v) is 21.6. The highest BCUT2D eigenvalue weighted by Gasteiger charge is 2.69. The van der Waals surface area contributed by atoms with Crippen LogP contribution in [0.2, 0.25) is 0 Å². The molecule has 0 radical (unpaired) electrons. The van der Waals surface area contributed by atoms with E-state index in [2.05, 4.69) is 0 Å². The van der Waals surface area contributed by atoms with E-state index in [0.717, 1.165) is 0 Å². The van der Waals surface area contributed by atoms with Crippen molar-refractivity contribution in [3.05, 3.63) is 11.6 Å². The third-order valence-electron chi connectivity index (χ3n) is 10.8. The SMILES string of the molecule is CC(C)(O)C(O)C[C@@H](O)[C@](C)(O)C1CCC2(O)C3=CC(=O)[C@@H]4C[C@@H](O)[C@@H](O)C[C@]4(C)[C@H]3CC[C@]12C. The first-order chi connectivity index (χ1) is 15.9. The number of fused-ring (bicyclic) bond motifs is 5. The average Bonchev–Trinajstić information content (AvgIpc) is 3.01. The van der Waals surface area contributed by atoms with Crippen molar-refractivity contribution < 1.29 is 40.5 Å². The van der Waals surface area contributed by atoms with Crippen LogP contribution in [0.5, 0.6) is 0 Å². The lowest BCUT2D eigenvalue weighted by atomic mass is 9.45. The lowest BCUT2D eigenvalue weighted by Gasteiger charge is -2.60. The van der Waals surface area contributed by atoms with Gasteiger partial charge in [0.05, 0.1) is 41.2 Å². The van der Waals surface area contributed by atoms with Gasteiger partial charge >= 0.3 is 0 Å². The first kappa shape index (κ1) is 27.2. The van der Waals surface area contributed by atoms with Gasteiger partial charge in [0.2, 0.25) is 0 Å². The molecule has 0 saturated heterocycles. The molecule has 8 nitrogen and oxygen atoms in total. The fourth-order valence-electron chi connectivity index (χ4n) is 8.28. The van der Waals surface area contributed by atoms with Crippen molar-refractivity contribution in [2.75, 3.05) is 0 Å². The van der Waals surface area contributed by atoms with Gasteiger partial charge in [-0.3, -0.25) is 4.79 Å². The second-order valence-corrected chi connectivity index (χ2v) is 13.2. The molecule has 0 heterocycles. The van der Waals surface area contributed by atoms with Crippen molar-refractivity contribution in [2.24, 2.45) is 28.6 Å². The molecule has 3 unspecified atom stereocenters. The van der Waals surface area contributed by atoms with E-state index in [1.807, 2.05) is 13.8 Å². The summed E-state index contributed by atoms with van der Waals surface area (Å²) >= 11 is 0. The van der Waals surface area contributed by atoms with E-state index < -0.39 is 63.9 Å². The van der Waals surface area contributed by atoms with Crippen LogP contribution in [0.15, 0.2) is 11.6 Å². The van der Waals surface area contributed by atoms with Gasteiger partial charge in [-0.05, 0) is 88.2 Å². The second kappa shape index (κ2) is 8.32. The van der Waals surface area contributed by atoms with Crippen molar-refractivity contribution in [3.63, 3.8) is 0 Å². The Bertz CT molecular complexity index is 892. The summed E-state index contributed by atoms with van der Waals surface area (Å²) in [7, 11) is 0. The van der Waals surface area contributed by atoms with Gasteiger partial charge in [0, 0.05) is 17.8 Å². The van der Waals surface area contributed by atoms with Gasteiger partial charge in [-0.1, -0.05) is 13.8 Å². The largest absolute Gasteiger partial charge is 0.390 e. The van der Waals surface area contributed by atoms with E-state index in [1.165, 1.54) is 20.8 Å². The van der Waals surface area contributed by atoms with Gasteiger partial charge < -0.3 is 35.7 Å². The lowest BCUT2D eigenvalue weighted by Crippen LogP contribution is -2.63. The van der Waals surface area contributed by atoms with Gasteiger partial charge in [0.25, 0.3) is 0 Å². The standard InChI is InChI=1S/C27H44O8/c1-23(2,33)21(31)12-22(32)26(5,34)20-7-9-27(35)15-10-17(28)16-11-18(29)19(30)13-24(16,3)14(15)6-8-25(20,27)4/h10,14,16,18-22,29-35H,6-9,11-13H2,1-5H3/t14-,16-,18+,19-,20?,21?,22+,24+,25+,26+,27?/m0/s1. The molecule has 3 fully saturated rings. The van der Waals surface area contributed by atoms with Crippen LogP contribution in [0.4, 0.5) is 0 Å². The molecule has 8 heteroatoms. The topological polar surface area (TPSA) is 159 Å². The number of allylic oxidation sites excluding steroid dienone is 1. The maximum absolute atomic E-state index is 13.3. The van der Waals surface area contributed by atoms with Crippen LogP contribution in [0.1, 0.15) is 79.6 Å². The van der Waals surface area contributed by atoms with Gasteiger partial charge in [-0.2, -0.15) is 0 Å². The van der Waals surface area contributed by atoms with Crippen molar-refractivity contribution in [1.29, 1.82) is 0 Å². The van der Waals surface area contributed by atoms with Crippen molar-refractivity contribution in [3.8, 4) is 0 Å². The number of carbonyl (C=O) groups excluding carboxylic acids is 1. The Balaban J connectivity index is 1.67. The van der Waals surface area contributed by atoms with Crippen LogP contribution >= 0.6 is 0 Å². The van der Waals surface area contributed by atoms with E-state index in [9.17, 15) is 40.5 Å². The summed E-state index contributed by atoms with van der Waals surface area (Å²) in [5.74, 6) is -1.18. The number of hydrogen-bond acceptors (Lipinski definition) is 8. The third-order valence-corrected chi connectivity index (χ3v) is 10.8. The molecule has 0 amide bonds. The predicted octanol–water partition coefficient (Wildman–Crippen LogP) is 0.825. The summed E-state index contributed by atoms with van der Waals surface area (Å²) in [5, 5.41) is 75.8. The van der Waals surface area contributed by atoms with Gasteiger partial charge in [0.15, 0.2) is 5.78 Å². The number of aliphatic hydroxyl groups excluding tert-OH is 4.